The molecule has 1 heterocycles. The molecule has 0 radical (unpaired) electrons. The van der Waals surface area contributed by atoms with Gasteiger partial charge in [0.2, 0.25) is 16.8 Å². The average Bonchev–Trinajstić information content (AvgIpc) is 3.11. The fraction of sp³-hybridized carbons (Fsp3) is 0.556. The lowest BCUT2D eigenvalue weighted by Gasteiger charge is -2.26. The van der Waals surface area contributed by atoms with Crippen molar-refractivity contribution in [1.82, 2.24) is 9.62 Å². The van der Waals surface area contributed by atoms with E-state index in [-0.39, 0.29) is 36.9 Å². The van der Waals surface area contributed by atoms with Gasteiger partial charge in [0, 0.05) is 13.1 Å². The molecular formula is C18H25N3O10S. The topological polar surface area (TPSA) is 175 Å². The van der Waals surface area contributed by atoms with Crippen LogP contribution >= 0.6 is 0 Å². The minimum Gasteiger partial charge on any atom is -0.480 e. The Bertz CT molecular complexity index is 1000. The zero-order chi connectivity index (χ0) is 24.3. The van der Waals surface area contributed by atoms with Gasteiger partial charge in [0.1, 0.15) is 17.4 Å². The number of hydrogen-bond donors (Lipinski definition) is 2. The van der Waals surface area contributed by atoms with E-state index in [4.69, 9.17) is 19.3 Å². The Balaban J connectivity index is 2.14. The number of nitro benzene ring substituents is 1. The number of ether oxygens (including phenoxy) is 3. The van der Waals surface area contributed by atoms with Gasteiger partial charge in [0.05, 0.1) is 16.6 Å². The number of sulfonamides is 1. The minimum absolute atomic E-state index is 0.110. The number of carboxylic acid groups (broad SMARTS) is 1. The van der Waals surface area contributed by atoms with E-state index in [9.17, 15) is 28.1 Å². The summed E-state index contributed by atoms with van der Waals surface area (Å²) in [6, 6.07) is 2.34. The van der Waals surface area contributed by atoms with E-state index >= 15 is 0 Å². The molecule has 2 rings (SSSR count). The van der Waals surface area contributed by atoms with Crippen molar-refractivity contribution in [2.45, 2.75) is 38.5 Å². The molecule has 0 aliphatic carbocycles. The zero-order valence-electron chi connectivity index (χ0n) is 18.0. The van der Waals surface area contributed by atoms with Gasteiger partial charge in [-0.2, -0.15) is 0 Å². The first kappa shape index (κ1) is 25.1. The fourth-order valence-electron chi connectivity index (χ4n) is 2.77. The van der Waals surface area contributed by atoms with Crippen LogP contribution in [0.2, 0.25) is 0 Å². The van der Waals surface area contributed by atoms with Crippen molar-refractivity contribution < 1.29 is 42.2 Å². The first-order valence-electron chi connectivity index (χ1n) is 9.47. The lowest BCUT2D eigenvalue weighted by molar-refractivity contribution is -0.385. The average molecular weight is 475 g/mol. The van der Waals surface area contributed by atoms with Crippen LogP contribution in [0.15, 0.2) is 12.1 Å². The molecule has 2 N–H and O–H groups in total. The first-order chi connectivity index (χ1) is 14.7. The van der Waals surface area contributed by atoms with Crippen molar-refractivity contribution in [3.8, 4) is 11.5 Å². The van der Waals surface area contributed by atoms with E-state index in [1.807, 2.05) is 0 Å². The van der Waals surface area contributed by atoms with E-state index in [1.54, 1.807) is 20.8 Å². The van der Waals surface area contributed by atoms with Crippen LogP contribution < -0.4 is 14.2 Å². The highest BCUT2D eigenvalue weighted by atomic mass is 32.2. The molecule has 178 valence electrons. The molecule has 1 aliphatic heterocycles. The molecule has 13 nitrogen and oxygen atoms in total. The summed E-state index contributed by atoms with van der Waals surface area (Å²) in [7, 11) is -4.15. The van der Waals surface area contributed by atoms with Gasteiger partial charge in [-0.05, 0) is 33.8 Å². The highest BCUT2D eigenvalue weighted by Crippen LogP contribution is 2.41. The smallest absolute Gasteiger partial charge is 0.410 e. The number of carbonyl (C=O) groups excluding carboxylic acids is 1. The van der Waals surface area contributed by atoms with Crippen LogP contribution in [0.4, 0.5) is 10.5 Å². The lowest BCUT2D eigenvalue weighted by Crippen LogP contribution is -2.44. The Labute approximate surface area is 184 Å². The van der Waals surface area contributed by atoms with Crippen molar-refractivity contribution >= 4 is 27.8 Å². The van der Waals surface area contributed by atoms with E-state index in [2.05, 4.69) is 4.72 Å². The molecule has 0 saturated carbocycles. The zero-order valence-corrected chi connectivity index (χ0v) is 18.8. The quantitative estimate of drug-likeness (QED) is 0.394. The van der Waals surface area contributed by atoms with Crippen LogP contribution in [0.1, 0.15) is 38.5 Å². The normalized spacial score (nSPS) is 14.0. The summed E-state index contributed by atoms with van der Waals surface area (Å²) in [6.45, 7) is 4.61. The molecular weight excluding hydrogens is 450 g/mol. The summed E-state index contributed by atoms with van der Waals surface area (Å²) in [6.07, 6.45) is -0.918. The molecule has 1 aromatic carbocycles. The Hall–Kier alpha value is -3.13. The van der Waals surface area contributed by atoms with Crippen molar-refractivity contribution in [1.29, 1.82) is 0 Å². The van der Waals surface area contributed by atoms with Gasteiger partial charge in [-0.1, -0.05) is 0 Å². The fourth-order valence-corrected chi connectivity index (χ4v) is 3.92. The molecule has 1 unspecified atom stereocenters. The number of carboxylic acids is 1. The van der Waals surface area contributed by atoms with Crippen LogP contribution in [-0.4, -0.2) is 67.4 Å². The largest absolute Gasteiger partial charge is 0.480 e. The minimum atomic E-state index is -4.15. The van der Waals surface area contributed by atoms with Gasteiger partial charge in [-0.3, -0.25) is 19.8 Å². The second kappa shape index (κ2) is 9.56. The van der Waals surface area contributed by atoms with Gasteiger partial charge in [0.15, 0.2) is 11.5 Å². The maximum absolute atomic E-state index is 12.8. The van der Waals surface area contributed by atoms with E-state index in [0.29, 0.717) is 0 Å². The monoisotopic (exact) mass is 475 g/mol. The van der Waals surface area contributed by atoms with E-state index < -0.39 is 50.1 Å². The molecule has 0 aromatic heterocycles. The number of nitrogens with one attached hydrogen (secondary N) is 1. The number of fused-ring (bicyclic) bond motifs is 1. The molecule has 0 fully saturated rings. The molecule has 0 bridgehead atoms. The Morgan fingerprint density at radius 1 is 1.31 bits per heavy atom. The predicted molar refractivity (Wildman–Crippen MR) is 110 cm³/mol. The second-order valence-corrected chi connectivity index (χ2v) is 9.98. The van der Waals surface area contributed by atoms with Crippen LogP contribution in [-0.2, 0) is 19.6 Å². The number of rotatable bonds is 9. The van der Waals surface area contributed by atoms with Crippen molar-refractivity contribution in [3.05, 3.63) is 27.8 Å². The Kier molecular flexibility index (Phi) is 7.51. The molecule has 1 amide bonds. The van der Waals surface area contributed by atoms with Crippen molar-refractivity contribution in [2.75, 3.05) is 26.4 Å². The standard InChI is InChI=1S/C18H25N3O10S/c1-11(12-7-14-15(30-10-29-14)8-13(12)21(25)26)32(27,28)19-5-6-20(9-16(22)23)17(24)31-18(2,3)4/h7-8,11,19H,5-6,9-10H2,1-4H3,(H,22,23). The third-order valence-corrected chi connectivity index (χ3v) is 6.08. The maximum Gasteiger partial charge on any atom is 0.410 e. The Morgan fingerprint density at radius 2 is 1.91 bits per heavy atom. The Morgan fingerprint density at radius 3 is 2.44 bits per heavy atom. The molecule has 1 aliphatic rings. The van der Waals surface area contributed by atoms with Gasteiger partial charge in [0.25, 0.3) is 5.69 Å². The molecule has 0 spiro atoms. The van der Waals surface area contributed by atoms with Crippen LogP contribution in [0.25, 0.3) is 0 Å². The van der Waals surface area contributed by atoms with Gasteiger partial charge in [-0.15, -0.1) is 0 Å². The molecule has 1 aromatic rings. The van der Waals surface area contributed by atoms with Gasteiger partial charge < -0.3 is 19.3 Å². The van der Waals surface area contributed by atoms with Crippen LogP contribution in [0.5, 0.6) is 11.5 Å². The number of amides is 1. The molecule has 14 heteroatoms. The van der Waals surface area contributed by atoms with Gasteiger partial charge in [-0.25, -0.2) is 17.9 Å². The molecule has 1 atom stereocenters. The number of benzene rings is 1. The maximum atomic E-state index is 12.8. The number of aliphatic carboxylic acids is 1. The highest BCUT2D eigenvalue weighted by Gasteiger charge is 2.33. The number of nitrogens with zero attached hydrogens (tertiary/aromatic N) is 2. The van der Waals surface area contributed by atoms with Gasteiger partial charge >= 0.3 is 12.1 Å². The third kappa shape index (κ3) is 6.43. The first-order valence-corrected chi connectivity index (χ1v) is 11.0. The molecule has 0 saturated heterocycles. The summed E-state index contributed by atoms with van der Waals surface area (Å²) in [4.78, 5) is 34.8. The number of nitro groups is 1. The predicted octanol–water partition coefficient (Wildman–Crippen LogP) is 1.63. The highest BCUT2D eigenvalue weighted by molar-refractivity contribution is 7.89. The summed E-state index contributed by atoms with van der Waals surface area (Å²) >= 11 is 0. The van der Waals surface area contributed by atoms with Crippen molar-refractivity contribution in [2.24, 2.45) is 0 Å². The SMILES string of the molecule is CC(c1cc2c(cc1[N+](=O)[O-])OCO2)S(=O)(=O)NCCN(CC(=O)O)C(=O)OC(C)(C)C. The summed E-state index contributed by atoms with van der Waals surface area (Å²) in [5, 5.41) is 19.1. The number of carbonyl (C=O) groups is 2. The lowest BCUT2D eigenvalue weighted by atomic mass is 10.1. The molecule has 32 heavy (non-hydrogen) atoms. The van der Waals surface area contributed by atoms with Crippen LogP contribution in [0, 0.1) is 10.1 Å². The number of hydrogen-bond acceptors (Lipinski definition) is 9. The second-order valence-electron chi connectivity index (χ2n) is 7.90. The van der Waals surface area contributed by atoms with Crippen LogP contribution in [0.3, 0.4) is 0 Å². The summed E-state index contributed by atoms with van der Waals surface area (Å²) < 4.78 is 43.2. The summed E-state index contributed by atoms with van der Waals surface area (Å²) in [5.41, 5.74) is -1.44. The van der Waals surface area contributed by atoms with Crippen molar-refractivity contribution in [3.63, 3.8) is 0 Å². The summed E-state index contributed by atoms with van der Waals surface area (Å²) in [5.74, 6) is -0.979. The van der Waals surface area contributed by atoms with E-state index in [0.717, 1.165) is 11.0 Å². The third-order valence-electron chi connectivity index (χ3n) is 4.28. The van der Waals surface area contributed by atoms with E-state index in [1.165, 1.54) is 13.0 Å².